The lowest BCUT2D eigenvalue weighted by atomic mass is 10.1. The van der Waals surface area contributed by atoms with E-state index in [0.29, 0.717) is 18.3 Å². The normalized spacial score (nSPS) is 12.7. The van der Waals surface area contributed by atoms with Crippen LogP contribution in [0, 0.1) is 6.92 Å². The van der Waals surface area contributed by atoms with Gasteiger partial charge in [0.2, 0.25) is 11.7 Å². The maximum absolute atomic E-state index is 5.37. The lowest BCUT2D eigenvalue weighted by molar-refractivity contribution is 0.208. The van der Waals surface area contributed by atoms with Crippen molar-refractivity contribution in [2.75, 3.05) is 7.05 Å². The molecule has 0 aliphatic rings. The molecule has 22 heavy (non-hydrogen) atoms. The van der Waals surface area contributed by atoms with Gasteiger partial charge in [0, 0.05) is 11.6 Å². The van der Waals surface area contributed by atoms with Crippen molar-refractivity contribution in [1.29, 1.82) is 0 Å². The number of hydrogen-bond acceptors (Lipinski definition) is 6. The zero-order chi connectivity index (χ0) is 15.5. The highest BCUT2D eigenvalue weighted by Crippen LogP contribution is 2.22. The molecule has 0 saturated carbocycles. The Kier molecular flexibility index (Phi) is 4.02. The fourth-order valence-electron chi connectivity index (χ4n) is 2.27. The van der Waals surface area contributed by atoms with E-state index < -0.39 is 0 Å². The van der Waals surface area contributed by atoms with Crippen molar-refractivity contribution in [3.05, 3.63) is 53.7 Å². The molecule has 0 saturated heterocycles. The molecule has 0 amide bonds. The predicted octanol–water partition coefficient (Wildman–Crippen LogP) is 3.23. The second-order valence-corrected chi connectivity index (χ2v) is 5.34. The summed E-state index contributed by atoms with van der Waals surface area (Å²) in [6, 6.07) is 9.95. The summed E-state index contributed by atoms with van der Waals surface area (Å²) in [4.78, 5) is 6.56. The average molecular weight is 298 g/mol. The third kappa shape index (κ3) is 2.92. The highest BCUT2D eigenvalue weighted by atomic mass is 16.5. The Labute approximate surface area is 128 Å². The van der Waals surface area contributed by atoms with E-state index in [9.17, 15) is 0 Å². The molecule has 0 bridgehead atoms. The van der Waals surface area contributed by atoms with E-state index in [0.717, 1.165) is 16.8 Å². The molecule has 0 aliphatic carbocycles. The van der Waals surface area contributed by atoms with Crippen LogP contribution < -0.4 is 0 Å². The highest BCUT2D eigenvalue weighted by Gasteiger charge is 2.18. The molecule has 0 radical (unpaired) electrons. The summed E-state index contributed by atoms with van der Waals surface area (Å²) in [5.41, 5.74) is 2.99. The monoisotopic (exact) mass is 298 g/mol. The van der Waals surface area contributed by atoms with Crippen LogP contribution in [0.3, 0.4) is 0 Å². The first-order valence-electron chi connectivity index (χ1n) is 7.14. The van der Waals surface area contributed by atoms with Gasteiger partial charge in [0.05, 0.1) is 12.6 Å². The summed E-state index contributed by atoms with van der Waals surface area (Å²) >= 11 is 0. The van der Waals surface area contributed by atoms with Crippen molar-refractivity contribution >= 4 is 0 Å². The molecular formula is C16H18N4O2. The second-order valence-electron chi connectivity index (χ2n) is 5.34. The van der Waals surface area contributed by atoms with Crippen molar-refractivity contribution in [2.24, 2.45) is 0 Å². The first-order chi connectivity index (χ1) is 10.6. The van der Waals surface area contributed by atoms with E-state index in [1.807, 2.05) is 44.3 Å². The van der Waals surface area contributed by atoms with Crippen LogP contribution >= 0.6 is 0 Å². The molecule has 1 unspecified atom stereocenters. The second kappa shape index (κ2) is 6.11. The van der Waals surface area contributed by atoms with Gasteiger partial charge in [-0.15, -0.1) is 0 Å². The predicted molar refractivity (Wildman–Crippen MR) is 80.9 cm³/mol. The molecule has 0 aliphatic heterocycles. The fraction of sp³-hybridized carbons (Fsp3) is 0.312. The molecule has 3 rings (SSSR count). The van der Waals surface area contributed by atoms with E-state index in [1.54, 1.807) is 6.26 Å². The Morgan fingerprint density at radius 3 is 2.73 bits per heavy atom. The Balaban J connectivity index is 1.73. The number of rotatable bonds is 5. The van der Waals surface area contributed by atoms with Crippen molar-refractivity contribution in [2.45, 2.75) is 26.4 Å². The number of nitrogens with zero attached hydrogens (tertiary/aromatic N) is 4. The number of hydrogen-bond donors (Lipinski definition) is 0. The topological polar surface area (TPSA) is 68.2 Å². The van der Waals surface area contributed by atoms with Gasteiger partial charge in [0.1, 0.15) is 12.0 Å². The minimum absolute atomic E-state index is 0.104. The number of aromatic nitrogens is 3. The maximum Gasteiger partial charge on any atom is 0.241 e. The highest BCUT2D eigenvalue weighted by molar-refractivity contribution is 5.58. The first-order valence-corrected chi connectivity index (χ1v) is 7.14. The van der Waals surface area contributed by atoms with Crippen LogP contribution in [0.25, 0.3) is 11.4 Å². The summed E-state index contributed by atoms with van der Waals surface area (Å²) in [5, 5.41) is 8.04. The van der Waals surface area contributed by atoms with E-state index in [1.165, 1.54) is 0 Å². The van der Waals surface area contributed by atoms with Crippen molar-refractivity contribution in [1.82, 2.24) is 20.2 Å². The fourth-order valence-corrected chi connectivity index (χ4v) is 2.27. The Bertz CT molecular complexity index is 736. The lowest BCUT2D eigenvalue weighted by Crippen LogP contribution is -2.22. The van der Waals surface area contributed by atoms with Gasteiger partial charge in [0.25, 0.3) is 0 Å². The molecule has 0 spiro atoms. The first kappa shape index (κ1) is 14.5. The Morgan fingerprint density at radius 1 is 1.18 bits per heavy atom. The van der Waals surface area contributed by atoms with Gasteiger partial charge in [-0.25, -0.2) is 0 Å². The Morgan fingerprint density at radius 2 is 2.00 bits per heavy atom. The number of benzene rings is 1. The SMILES string of the molecule is Cc1ccccc1-c1noc(CN(C)C(C)c2ccon2)n1. The summed E-state index contributed by atoms with van der Waals surface area (Å²) in [5.74, 6) is 1.20. The van der Waals surface area contributed by atoms with Crippen molar-refractivity contribution < 1.29 is 9.05 Å². The standard InChI is InChI=1S/C16H18N4O2/c1-11-6-4-5-7-13(11)16-17-15(22-19-16)10-20(3)12(2)14-8-9-21-18-14/h4-9,12H,10H2,1-3H3. The zero-order valence-electron chi connectivity index (χ0n) is 12.9. The molecule has 2 heterocycles. The summed E-state index contributed by atoms with van der Waals surface area (Å²) in [7, 11) is 1.98. The molecule has 0 N–H and O–H groups in total. The van der Waals surface area contributed by atoms with Crippen LogP contribution in [0.15, 0.2) is 45.6 Å². The van der Waals surface area contributed by atoms with Crippen LogP contribution in [-0.2, 0) is 6.54 Å². The minimum Gasteiger partial charge on any atom is -0.364 e. The molecule has 6 heteroatoms. The van der Waals surface area contributed by atoms with Crippen molar-refractivity contribution in [3.63, 3.8) is 0 Å². The van der Waals surface area contributed by atoms with Crippen LogP contribution in [0.4, 0.5) is 0 Å². The third-order valence-corrected chi connectivity index (χ3v) is 3.79. The minimum atomic E-state index is 0.104. The molecule has 114 valence electrons. The average Bonchev–Trinajstić information content (AvgIpc) is 3.18. The largest absolute Gasteiger partial charge is 0.364 e. The molecule has 2 aromatic heterocycles. The van der Waals surface area contributed by atoms with Gasteiger partial charge < -0.3 is 9.05 Å². The molecule has 1 atom stereocenters. The van der Waals surface area contributed by atoms with Crippen molar-refractivity contribution in [3.8, 4) is 11.4 Å². The van der Waals surface area contributed by atoms with E-state index in [-0.39, 0.29) is 6.04 Å². The van der Waals surface area contributed by atoms with Gasteiger partial charge in [0.15, 0.2) is 0 Å². The lowest BCUT2D eigenvalue weighted by Gasteiger charge is -2.20. The third-order valence-electron chi connectivity index (χ3n) is 3.79. The summed E-state index contributed by atoms with van der Waals surface area (Å²) in [6.45, 7) is 4.63. The van der Waals surface area contributed by atoms with E-state index in [2.05, 4.69) is 27.1 Å². The van der Waals surface area contributed by atoms with Crippen LogP contribution in [-0.4, -0.2) is 27.2 Å². The van der Waals surface area contributed by atoms with Crippen LogP contribution in [0.2, 0.25) is 0 Å². The quantitative estimate of drug-likeness (QED) is 0.720. The van der Waals surface area contributed by atoms with Gasteiger partial charge in [-0.1, -0.05) is 34.6 Å². The summed E-state index contributed by atoms with van der Waals surface area (Å²) < 4.78 is 10.2. The Hall–Kier alpha value is -2.47. The molecule has 0 fully saturated rings. The molecule has 3 aromatic rings. The molecule has 6 nitrogen and oxygen atoms in total. The van der Waals surface area contributed by atoms with Gasteiger partial charge in [-0.05, 0) is 26.5 Å². The summed E-state index contributed by atoms with van der Waals surface area (Å²) in [6.07, 6.45) is 1.57. The van der Waals surface area contributed by atoms with Gasteiger partial charge in [-0.3, -0.25) is 4.90 Å². The molecule has 1 aromatic carbocycles. The van der Waals surface area contributed by atoms with Crippen LogP contribution in [0.5, 0.6) is 0 Å². The van der Waals surface area contributed by atoms with E-state index in [4.69, 9.17) is 9.05 Å². The van der Waals surface area contributed by atoms with E-state index >= 15 is 0 Å². The van der Waals surface area contributed by atoms with Gasteiger partial charge >= 0.3 is 0 Å². The molecular weight excluding hydrogens is 280 g/mol. The smallest absolute Gasteiger partial charge is 0.241 e. The van der Waals surface area contributed by atoms with Gasteiger partial charge in [-0.2, -0.15) is 4.98 Å². The maximum atomic E-state index is 5.37. The zero-order valence-corrected chi connectivity index (χ0v) is 12.9. The van der Waals surface area contributed by atoms with Crippen LogP contribution in [0.1, 0.15) is 30.1 Å². The number of aryl methyl sites for hydroxylation is 1.